The molecule has 1 N–H and O–H groups in total. The van der Waals surface area contributed by atoms with E-state index in [1.807, 2.05) is 0 Å². The van der Waals surface area contributed by atoms with Crippen molar-refractivity contribution in [3.8, 4) is 0 Å². The number of alkyl halides is 3. The zero-order chi connectivity index (χ0) is 12.6. The van der Waals surface area contributed by atoms with E-state index in [2.05, 4.69) is 0 Å². The summed E-state index contributed by atoms with van der Waals surface area (Å²) in [6.07, 6.45) is 0.311. The van der Waals surface area contributed by atoms with Gasteiger partial charge in [-0.25, -0.2) is 8.42 Å². The Morgan fingerprint density at radius 3 is 2.38 bits per heavy atom. The average Bonchev–Trinajstić information content (AvgIpc) is 2.16. The largest absolute Gasteiger partial charge is 0.511 e. The number of carbonyl (C=O) groups is 1. The van der Waals surface area contributed by atoms with Gasteiger partial charge in [-0.1, -0.05) is 0 Å². The third-order valence-electron chi connectivity index (χ3n) is 2.37. The molecule has 1 aliphatic heterocycles. The fourth-order valence-corrected chi connectivity index (χ4v) is 2.55. The molecule has 1 rings (SSSR count). The summed E-state index contributed by atoms with van der Waals surface area (Å²) >= 11 is 0. The first kappa shape index (κ1) is 13.2. The highest BCUT2D eigenvalue weighted by molar-refractivity contribution is 7.90. The Hall–Kier alpha value is -0.830. The first-order valence-corrected chi connectivity index (χ1v) is 5.89. The lowest BCUT2D eigenvalue weighted by Crippen LogP contribution is -2.47. The van der Waals surface area contributed by atoms with Crippen LogP contribution >= 0.6 is 0 Å². The Labute approximate surface area is 89.9 Å². The van der Waals surface area contributed by atoms with Crippen molar-refractivity contribution in [2.45, 2.75) is 18.3 Å². The summed E-state index contributed by atoms with van der Waals surface area (Å²) in [4.78, 5) is 10.6. The van der Waals surface area contributed by atoms with E-state index in [-0.39, 0.29) is 23.7 Å². The number of hydrogen-bond acceptors (Lipinski definition) is 3. The van der Waals surface area contributed by atoms with Gasteiger partial charge in [-0.3, -0.25) is 4.79 Å². The van der Waals surface area contributed by atoms with Gasteiger partial charge in [-0.2, -0.15) is 17.5 Å². The summed E-state index contributed by atoms with van der Waals surface area (Å²) in [7, 11) is -5.40. The Balaban J connectivity index is 2.87. The predicted octanol–water partition coefficient (Wildman–Crippen LogP) is 0.633. The summed E-state index contributed by atoms with van der Waals surface area (Å²) in [6, 6.07) is 0. The topological polar surface area (TPSA) is 74.7 Å². The molecule has 0 aromatic rings. The first-order valence-electron chi connectivity index (χ1n) is 4.45. The standard InChI is InChI=1S/C7H10F3NO4S/c8-7(9,10)16(14,15)11-3-1-2-5(4-11)6(12)13/h5H,1-4H2,(H,12,13). The van der Waals surface area contributed by atoms with Crippen molar-refractivity contribution in [3.05, 3.63) is 0 Å². The minimum atomic E-state index is -5.40. The molecule has 16 heavy (non-hydrogen) atoms. The van der Waals surface area contributed by atoms with Gasteiger partial charge in [0, 0.05) is 13.1 Å². The molecule has 1 unspecified atom stereocenters. The van der Waals surface area contributed by atoms with Crippen molar-refractivity contribution in [2.75, 3.05) is 13.1 Å². The monoisotopic (exact) mass is 261 g/mol. The summed E-state index contributed by atoms with van der Waals surface area (Å²) in [6.45, 7) is -0.900. The van der Waals surface area contributed by atoms with Crippen molar-refractivity contribution >= 4 is 16.0 Å². The molecule has 0 bridgehead atoms. The number of aliphatic carboxylic acids is 1. The molecule has 1 aliphatic rings. The van der Waals surface area contributed by atoms with Crippen LogP contribution in [0.1, 0.15) is 12.8 Å². The van der Waals surface area contributed by atoms with Gasteiger partial charge in [-0.15, -0.1) is 0 Å². The molecule has 0 aromatic heterocycles. The number of hydrogen-bond donors (Lipinski definition) is 1. The second kappa shape index (κ2) is 4.21. The molecule has 1 saturated heterocycles. The second-order valence-electron chi connectivity index (χ2n) is 3.49. The van der Waals surface area contributed by atoms with Crippen LogP contribution in [0.25, 0.3) is 0 Å². The quantitative estimate of drug-likeness (QED) is 0.791. The smallest absolute Gasteiger partial charge is 0.481 e. The van der Waals surface area contributed by atoms with Crippen LogP contribution in [0.3, 0.4) is 0 Å². The van der Waals surface area contributed by atoms with Crippen LogP contribution in [0.4, 0.5) is 13.2 Å². The van der Waals surface area contributed by atoms with Gasteiger partial charge in [0.15, 0.2) is 0 Å². The maximum absolute atomic E-state index is 12.2. The number of carboxylic acids is 1. The van der Waals surface area contributed by atoms with Crippen LogP contribution < -0.4 is 0 Å². The fraction of sp³-hybridized carbons (Fsp3) is 0.857. The average molecular weight is 261 g/mol. The molecule has 0 radical (unpaired) electrons. The Kier molecular flexibility index (Phi) is 3.48. The van der Waals surface area contributed by atoms with Crippen LogP contribution in [0.2, 0.25) is 0 Å². The Morgan fingerprint density at radius 1 is 1.38 bits per heavy atom. The molecule has 0 aromatic carbocycles. The Morgan fingerprint density at radius 2 is 1.94 bits per heavy atom. The van der Waals surface area contributed by atoms with Crippen LogP contribution in [0.15, 0.2) is 0 Å². The molecule has 0 aliphatic carbocycles. The molecular formula is C7H10F3NO4S. The number of nitrogens with zero attached hydrogens (tertiary/aromatic N) is 1. The molecule has 94 valence electrons. The molecule has 9 heteroatoms. The van der Waals surface area contributed by atoms with Gasteiger partial charge in [0.2, 0.25) is 0 Å². The lowest BCUT2D eigenvalue weighted by atomic mass is 10.0. The zero-order valence-electron chi connectivity index (χ0n) is 8.07. The van der Waals surface area contributed by atoms with Gasteiger partial charge < -0.3 is 5.11 Å². The molecular weight excluding hydrogens is 251 g/mol. The zero-order valence-corrected chi connectivity index (χ0v) is 8.88. The van der Waals surface area contributed by atoms with Crippen molar-refractivity contribution in [1.29, 1.82) is 0 Å². The van der Waals surface area contributed by atoms with Crippen molar-refractivity contribution in [1.82, 2.24) is 4.31 Å². The third kappa shape index (κ3) is 2.46. The Bertz CT molecular complexity index is 378. The first-order chi connectivity index (χ1) is 7.16. The van der Waals surface area contributed by atoms with E-state index in [1.54, 1.807) is 0 Å². The van der Waals surface area contributed by atoms with E-state index in [0.29, 0.717) is 0 Å². The number of rotatable bonds is 2. The van der Waals surface area contributed by atoms with E-state index in [0.717, 1.165) is 0 Å². The van der Waals surface area contributed by atoms with E-state index >= 15 is 0 Å². The molecule has 1 fully saturated rings. The van der Waals surface area contributed by atoms with Gasteiger partial charge in [0.1, 0.15) is 0 Å². The maximum Gasteiger partial charge on any atom is 0.511 e. The van der Waals surface area contributed by atoms with E-state index in [1.165, 1.54) is 0 Å². The highest BCUT2D eigenvalue weighted by atomic mass is 32.2. The minimum absolute atomic E-state index is 0.117. The van der Waals surface area contributed by atoms with Gasteiger partial charge in [-0.05, 0) is 12.8 Å². The maximum atomic E-state index is 12.2. The van der Waals surface area contributed by atoms with Gasteiger partial charge in [0.25, 0.3) is 0 Å². The highest BCUT2D eigenvalue weighted by Gasteiger charge is 2.51. The highest BCUT2D eigenvalue weighted by Crippen LogP contribution is 2.30. The summed E-state index contributed by atoms with van der Waals surface area (Å²) < 4.78 is 58.7. The SMILES string of the molecule is O=C(O)C1CCCN(S(=O)(=O)C(F)(F)F)C1. The molecule has 1 heterocycles. The predicted molar refractivity (Wildman–Crippen MR) is 46.9 cm³/mol. The van der Waals surface area contributed by atoms with E-state index in [9.17, 15) is 26.4 Å². The molecule has 0 saturated carbocycles. The lowest BCUT2D eigenvalue weighted by Gasteiger charge is -2.30. The van der Waals surface area contributed by atoms with Gasteiger partial charge in [0.05, 0.1) is 5.92 Å². The van der Waals surface area contributed by atoms with Crippen molar-refractivity contribution in [3.63, 3.8) is 0 Å². The summed E-state index contributed by atoms with van der Waals surface area (Å²) in [5, 5.41) is 8.62. The van der Waals surface area contributed by atoms with Crippen molar-refractivity contribution in [2.24, 2.45) is 5.92 Å². The normalized spacial score (nSPS) is 24.3. The van der Waals surface area contributed by atoms with Crippen LogP contribution in [0.5, 0.6) is 0 Å². The third-order valence-corrected chi connectivity index (χ3v) is 3.96. The van der Waals surface area contributed by atoms with E-state index < -0.39 is 34.0 Å². The van der Waals surface area contributed by atoms with Crippen LogP contribution in [-0.4, -0.2) is 42.4 Å². The fourth-order valence-electron chi connectivity index (χ4n) is 1.51. The molecule has 0 amide bonds. The van der Waals surface area contributed by atoms with Crippen LogP contribution in [0, 0.1) is 5.92 Å². The number of carboxylic acid groups (broad SMARTS) is 1. The summed E-state index contributed by atoms with van der Waals surface area (Å²) in [5.74, 6) is -2.34. The lowest BCUT2D eigenvalue weighted by molar-refractivity contribution is -0.143. The molecule has 0 spiro atoms. The van der Waals surface area contributed by atoms with Gasteiger partial charge >= 0.3 is 21.5 Å². The number of sulfonamides is 1. The van der Waals surface area contributed by atoms with E-state index in [4.69, 9.17) is 5.11 Å². The number of piperidine rings is 1. The minimum Gasteiger partial charge on any atom is -0.481 e. The number of halogens is 3. The second-order valence-corrected chi connectivity index (χ2v) is 5.42. The summed E-state index contributed by atoms with van der Waals surface area (Å²) in [5.41, 5.74) is -5.37. The van der Waals surface area contributed by atoms with Crippen LogP contribution in [-0.2, 0) is 14.8 Å². The molecule has 5 nitrogen and oxygen atoms in total. The van der Waals surface area contributed by atoms with Crippen molar-refractivity contribution < 1.29 is 31.5 Å². The molecule has 1 atom stereocenters.